The number of aromatic nitrogens is 4. The van der Waals surface area contributed by atoms with Crippen LogP contribution in [0, 0.1) is 6.92 Å². The molecule has 162 valence electrons. The second kappa shape index (κ2) is 9.21. The number of aryl methyl sites for hydroxylation is 1. The van der Waals surface area contributed by atoms with E-state index >= 15 is 0 Å². The number of fused-ring (bicyclic) bond motifs is 1. The molecule has 2 aromatic heterocycles. The first-order valence-corrected chi connectivity index (χ1v) is 11.0. The molecule has 0 saturated carbocycles. The minimum absolute atomic E-state index is 0. The lowest BCUT2D eigenvalue weighted by atomic mass is 10.1. The van der Waals surface area contributed by atoms with E-state index in [2.05, 4.69) is 25.5 Å². The second-order valence-electron chi connectivity index (χ2n) is 6.78. The molecule has 2 aromatic carbocycles. The third kappa shape index (κ3) is 4.71. The number of benzene rings is 2. The number of sulfone groups is 1. The van der Waals surface area contributed by atoms with E-state index in [4.69, 9.17) is 4.74 Å². The summed E-state index contributed by atoms with van der Waals surface area (Å²) in [5, 5.41) is 11.4. The van der Waals surface area contributed by atoms with Crippen molar-refractivity contribution in [1.82, 2.24) is 26.3 Å². The van der Waals surface area contributed by atoms with Crippen LogP contribution in [0.15, 0.2) is 59.6 Å². The normalized spacial score (nSPS) is 11.3. The van der Waals surface area contributed by atoms with E-state index in [-0.39, 0.29) is 23.4 Å². The number of aromatic amines is 1. The number of hydrogen-bond donors (Lipinski definition) is 3. The lowest BCUT2D eigenvalue weighted by molar-refractivity contribution is 0.217. The van der Waals surface area contributed by atoms with Crippen molar-refractivity contribution in [3.05, 3.63) is 60.4 Å². The molecule has 5 N–H and O–H groups in total. The first-order chi connectivity index (χ1) is 14.5. The van der Waals surface area contributed by atoms with E-state index in [0.29, 0.717) is 17.3 Å². The molecular formula is C21H24N6O3S. The maximum absolute atomic E-state index is 12.6. The van der Waals surface area contributed by atoms with Gasteiger partial charge in [0.05, 0.1) is 34.2 Å². The molecule has 9 nitrogen and oxygen atoms in total. The SMILES string of the molecule is COCCS(=O)(=O)c1ccccc1Nc1nccc(-c2ccc3c(C)[nH]nc3c2)n1.N. The molecule has 0 amide bonds. The van der Waals surface area contributed by atoms with Crippen molar-refractivity contribution in [1.29, 1.82) is 0 Å². The smallest absolute Gasteiger partial charge is 0.227 e. The monoisotopic (exact) mass is 440 g/mol. The number of nitrogens with zero attached hydrogens (tertiary/aromatic N) is 3. The van der Waals surface area contributed by atoms with Gasteiger partial charge in [-0.05, 0) is 31.2 Å². The number of nitrogens with one attached hydrogen (secondary N) is 2. The van der Waals surface area contributed by atoms with Crippen LogP contribution in [0.1, 0.15) is 5.69 Å². The average Bonchev–Trinajstić information content (AvgIpc) is 3.13. The van der Waals surface area contributed by atoms with Gasteiger partial charge in [-0.15, -0.1) is 0 Å². The van der Waals surface area contributed by atoms with Crippen LogP contribution < -0.4 is 11.5 Å². The van der Waals surface area contributed by atoms with Crippen molar-refractivity contribution < 1.29 is 13.2 Å². The topological polar surface area (TPSA) is 145 Å². The van der Waals surface area contributed by atoms with Gasteiger partial charge in [0.15, 0.2) is 9.84 Å². The van der Waals surface area contributed by atoms with Crippen molar-refractivity contribution in [2.45, 2.75) is 11.8 Å². The van der Waals surface area contributed by atoms with Gasteiger partial charge in [0.2, 0.25) is 5.95 Å². The summed E-state index contributed by atoms with van der Waals surface area (Å²) in [6.07, 6.45) is 1.63. The molecule has 31 heavy (non-hydrogen) atoms. The predicted octanol–water partition coefficient (Wildman–Crippen LogP) is 3.65. The maximum Gasteiger partial charge on any atom is 0.227 e. The number of methoxy groups -OCH3 is 1. The standard InChI is InChI=1S/C21H21N5O3S.H3N/c1-14-16-8-7-15(13-19(16)26-25-14)17-9-10-22-21(23-17)24-18-5-3-4-6-20(18)30(27,28)12-11-29-2;/h3-10,13H,11-12H2,1-2H3,(H,25,26)(H,22,23,24);1H3. The number of H-pyrrole nitrogens is 1. The van der Waals surface area contributed by atoms with Gasteiger partial charge in [0.25, 0.3) is 0 Å². The molecule has 4 rings (SSSR count). The molecule has 0 radical (unpaired) electrons. The highest BCUT2D eigenvalue weighted by molar-refractivity contribution is 7.91. The Morgan fingerprint density at radius 1 is 1.13 bits per heavy atom. The fourth-order valence-electron chi connectivity index (χ4n) is 3.15. The first-order valence-electron chi connectivity index (χ1n) is 9.34. The minimum Gasteiger partial charge on any atom is -0.384 e. The summed E-state index contributed by atoms with van der Waals surface area (Å²) in [6, 6.07) is 14.4. The van der Waals surface area contributed by atoms with Crippen LogP contribution in [0.25, 0.3) is 22.2 Å². The number of para-hydroxylation sites is 1. The molecule has 0 saturated heterocycles. The van der Waals surface area contributed by atoms with E-state index in [1.807, 2.05) is 25.1 Å². The number of anilines is 2. The first kappa shape index (κ1) is 22.3. The van der Waals surface area contributed by atoms with Crippen molar-refractivity contribution in [2.24, 2.45) is 0 Å². The van der Waals surface area contributed by atoms with Gasteiger partial charge >= 0.3 is 0 Å². The summed E-state index contributed by atoms with van der Waals surface area (Å²) in [4.78, 5) is 8.99. The van der Waals surface area contributed by atoms with Gasteiger partial charge in [0.1, 0.15) is 0 Å². The zero-order valence-electron chi connectivity index (χ0n) is 17.3. The van der Waals surface area contributed by atoms with E-state index in [1.54, 1.807) is 36.5 Å². The van der Waals surface area contributed by atoms with Gasteiger partial charge in [-0.25, -0.2) is 18.4 Å². The number of ether oxygens (including phenoxy) is 1. The molecule has 2 heterocycles. The van der Waals surface area contributed by atoms with Gasteiger partial charge in [-0.1, -0.05) is 24.3 Å². The summed E-state index contributed by atoms with van der Waals surface area (Å²) >= 11 is 0. The van der Waals surface area contributed by atoms with Crippen LogP contribution in [0.3, 0.4) is 0 Å². The molecular weight excluding hydrogens is 416 g/mol. The third-order valence-electron chi connectivity index (χ3n) is 4.72. The summed E-state index contributed by atoms with van der Waals surface area (Å²) in [5.41, 5.74) is 3.87. The molecule has 0 spiro atoms. The Bertz CT molecular complexity index is 1300. The minimum atomic E-state index is -3.51. The van der Waals surface area contributed by atoms with E-state index in [1.165, 1.54) is 7.11 Å². The molecule has 0 fully saturated rings. The van der Waals surface area contributed by atoms with E-state index < -0.39 is 9.84 Å². The Morgan fingerprint density at radius 2 is 1.94 bits per heavy atom. The Morgan fingerprint density at radius 3 is 2.74 bits per heavy atom. The quantitative estimate of drug-likeness (QED) is 0.395. The van der Waals surface area contributed by atoms with Crippen LogP contribution in [-0.2, 0) is 14.6 Å². The maximum atomic E-state index is 12.6. The van der Waals surface area contributed by atoms with Crippen LogP contribution in [0.4, 0.5) is 11.6 Å². The van der Waals surface area contributed by atoms with Crippen LogP contribution >= 0.6 is 0 Å². The Labute approximate surface area is 180 Å². The summed E-state index contributed by atoms with van der Waals surface area (Å²) < 4.78 is 30.2. The fraction of sp³-hybridized carbons (Fsp3) is 0.190. The zero-order valence-corrected chi connectivity index (χ0v) is 18.1. The molecule has 0 aliphatic rings. The highest BCUT2D eigenvalue weighted by Crippen LogP contribution is 2.27. The fourth-order valence-corrected chi connectivity index (χ4v) is 4.50. The molecule has 0 unspecified atom stereocenters. The zero-order chi connectivity index (χ0) is 21.1. The molecule has 0 bridgehead atoms. The van der Waals surface area contributed by atoms with Crippen LogP contribution in [0.5, 0.6) is 0 Å². The van der Waals surface area contributed by atoms with Crippen molar-refractivity contribution in [3.8, 4) is 11.3 Å². The predicted molar refractivity (Wildman–Crippen MR) is 121 cm³/mol. The summed E-state index contributed by atoms with van der Waals surface area (Å²) in [6.45, 7) is 2.09. The van der Waals surface area contributed by atoms with E-state index in [9.17, 15) is 8.42 Å². The Kier molecular flexibility index (Phi) is 6.64. The summed E-state index contributed by atoms with van der Waals surface area (Å²) in [7, 11) is -2.04. The summed E-state index contributed by atoms with van der Waals surface area (Å²) in [5.74, 6) is 0.201. The van der Waals surface area contributed by atoms with Crippen LogP contribution in [0.2, 0.25) is 0 Å². The highest BCUT2D eigenvalue weighted by atomic mass is 32.2. The average molecular weight is 441 g/mol. The lowest BCUT2D eigenvalue weighted by Crippen LogP contribution is -2.13. The van der Waals surface area contributed by atoms with Crippen molar-refractivity contribution in [2.75, 3.05) is 24.8 Å². The van der Waals surface area contributed by atoms with Crippen molar-refractivity contribution >= 4 is 32.4 Å². The van der Waals surface area contributed by atoms with Crippen LogP contribution in [-0.4, -0.2) is 48.1 Å². The molecule has 0 aliphatic carbocycles. The molecule has 0 atom stereocenters. The Balaban J connectivity index is 0.00000272. The third-order valence-corrected chi connectivity index (χ3v) is 6.45. The van der Waals surface area contributed by atoms with Gasteiger partial charge < -0.3 is 16.2 Å². The number of rotatable bonds is 7. The second-order valence-corrected chi connectivity index (χ2v) is 8.86. The van der Waals surface area contributed by atoms with Gasteiger partial charge in [-0.2, -0.15) is 5.10 Å². The lowest BCUT2D eigenvalue weighted by Gasteiger charge is -2.12. The largest absolute Gasteiger partial charge is 0.384 e. The van der Waals surface area contributed by atoms with E-state index in [0.717, 1.165) is 22.2 Å². The molecule has 10 heteroatoms. The van der Waals surface area contributed by atoms with Gasteiger partial charge in [0, 0.05) is 30.0 Å². The molecule has 4 aromatic rings. The Hall–Kier alpha value is -3.34. The molecule has 0 aliphatic heterocycles. The van der Waals surface area contributed by atoms with Gasteiger partial charge in [-0.3, -0.25) is 5.10 Å². The number of hydrogen-bond acceptors (Lipinski definition) is 8. The van der Waals surface area contributed by atoms with Crippen molar-refractivity contribution in [3.63, 3.8) is 0 Å². The highest BCUT2D eigenvalue weighted by Gasteiger charge is 2.19.